The largest absolute Gasteiger partial charge is 0.399 e. The Labute approximate surface area is 89.4 Å². The van der Waals surface area contributed by atoms with Gasteiger partial charge in [0.25, 0.3) is 0 Å². The second kappa shape index (κ2) is 3.77. The summed E-state index contributed by atoms with van der Waals surface area (Å²) in [6, 6.07) is 7.79. The number of nitrogens with two attached hydrogens (primary N) is 1. The van der Waals surface area contributed by atoms with Gasteiger partial charge in [-0.3, -0.25) is 0 Å². The van der Waals surface area contributed by atoms with Crippen LogP contribution < -0.4 is 5.73 Å². The van der Waals surface area contributed by atoms with Gasteiger partial charge in [-0.15, -0.1) is 0 Å². The lowest BCUT2D eigenvalue weighted by Crippen LogP contribution is -1.85. The molecule has 0 radical (unpaired) electrons. The van der Waals surface area contributed by atoms with E-state index in [-0.39, 0.29) is 0 Å². The fraction of sp³-hybridized carbons (Fsp3) is 0.250. The molecule has 0 fully saturated rings. The van der Waals surface area contributed by atoms with Crippen molar-refractivity contribution in [2.75, 3.05) is 5.73 Å². The third-order valence-corrected chi connectivity index (χ3v) is 2.45. The van der Waals surface area contributed by atoms with Crippen LogP contribution in [0.25, 0.3) is 11.3 Å². The van der Waals surface area contributed by atoms with E-state index in [1.54, 1.807) is 0 Å². The van der Waals surface area contributed by atoms with E-state index < -0.39 is 0 Å². The Morgan fingerprint density at radius 2 is 1.93 bits per heavy atom. The summed E-state index contributed by atoms with van der Waals surface area (Å²) in [6.07, 6.45) is 0.926. The predicted octanol–water partition coefficient (Wildman–Crippen LogP) is 2.53. The molecule has 0 amide bonds. The van der Waals surface area contributed by atoms with Gasteiger partial charge in [-0.25, -0.2) is 4.98 Å². The summed E-state index contributed by atoms with van der Waals surface area (Å²) in [4.78, 5) is 7.80. The number of anilines is 1. The van der Waals surface area contributed by atoms with E-state index in [1.165, 1.54) is 0 Å². The quantitative estimate of drug-likeness (QED) is 0.733. The molecule has 0 aliphatic heterocycles. The number of rotatable bonds is 2. The Hall–Kier alpha value is -1.77. The van der Waals surface area contributed by atoms with Crippen molar-refractivity contribution >= 4 is 5.69 Å². The number of nitrogen functional groups attached to an aromatic ring is 1. The lowest BCUT2D eigenvalue weighted by atomic mass is 10.1. The first-order chi connectivity index (χ1) is 7.20. The number of nitrogens with zero attached hydrogens (tertiary/aromatic N) is 1. The molecular formula is C12H15N3. The highest BCUT2D eigenvalue weighted by atomic mass is 14.9. The second-order valence-corrected chi connectivity index (χ2v) is 3.63. The van der Waals surface area contributed by atoms with Crippen LogP contribution in [0.2, 0.25) is 0 Å². The monoisotopic (exact) mass is 201 g/mol. The van der Waals surface area contributed by atoms with Crippen molar-refractivity contribution in [3.63, 3.8) is 0 Å². The summed E-state index contributed by atoms with van der Waals surface area (Å²) in [7, 11) is 0. The van der Waals surface area contributed by atoms with Gasteiger partial charge in [-0.05, 0) is 19.1 Å². The van der Waals surface area contributed by atoms with Gasteiger partial charge >= 0.3 is 0 Å². The molecule has 3 N–H and O–H groups in total. The Morgan fingerprint density at radius 1 is 1.27 bits per heavy atom. The summed E-state index contributed by atoms with van der Waals surface area (Å²) in [5.41, 5.74) is 9.66. The Morgan fingerprint density at radius 3 is 2.47 bits per heavy atom. The molecule has 0 aliphatic carbocycles. The molecule has 15 heavy (non-hydrogen) atoms. The van der Waals surface area contributed by atoms with Crippen LogP contribution in [-0.4, -0.2) is 9.97 Å². The van der Waals surface area contributed by atoms with Crippen molar-refractivity contribution < 1.29 is 0 Å². The molecule has 3 nitrogen and oxygen atoms in total. The minimum atomic E-state index is 0.780. The number of nitrogens with one attached hydrogen (secondary N) is 1. The van der Waals surface area contributed by atoms with Crippen molar-refractivity contribution in [1.82, 2.24) is 9.97 Å². The van der Waals surface area contributed by atoms with E-state index in [1.807, 2.05) is 31.2 Å². The summed E-state index contributed by atoms with van der Waals surface area (Å²) < 4.78 is 0. The molecule has 1 aromatic carbocycles. The minimum absolute atomic E-state index is 0.780. The van der Waals surface area contributed by atoms with Gasteiger partial charge in [0.05, 0.1) is 5.69 Å². The van der Waals surface area contributed by atoms with Crippen molar-refractivity contribution in [2.45, 2.75) is 20.3 Å². The van der Waals surface area contributed by atoms with Crippen LogP contribution in [0.15, 0.2) is 24.3 Å². The summed E-state index contributed by atoms with van der Waals surface area (Å²) >= 11 is 0. The van der Waals surface area contributed by atoms with Gasteiger partial charge < -0.3 is 10.7 Å². The number of aromatic amines is 1. The molecule has 1 aromatic heterocycles. The van der Waals surface area contributed by atoms with Crippen molar-refractivity contribution in [3.8, 4) is 11.3 Å². The van der Waals surface area contributed by atoms with Crippen molar-refractivity contribution in [1.29, 1.82) is 0 Å². The Kier molecular flexibility index (Phi) is 2.46. The van der Waals surface area contributed by atoms with Crippen LogP contribution in [0.5, 0.6) is 0 Å². The van der Waals surface area contributed by atoms with E-state index in [0.717, 1.165) is 34.9 Å². The molecule has 0 unspecified atom stereocenters. The summed E-state index contributed by atoms with van der Waals surface area (Å²) in [5, 5.41) is 0. The average Bonchev–Trinajstić information content (AvgIpc) is 2.61. The first-order valence-electron chi connectivity index (χ1n) is 5.12. The zero-order chi connectivity index (χ0) is 10.8. The average molecular weight is 201 g/mol. The third kappa shape index (κ3) is 1.86. The molecule has 0 saturated carbocycles. The number of hydrogen-bond acceptors (Lipinski definition) is 2. The van der Waals surface area contributed by atoms with Gasteiger partial charge in [0.15, 0.2) is 0 Å². The van der Waals surface area contributed by atoms with E-state index >= 15 is 0 Å². The lowest BCUT2D eigenvalue weighted by Gasteiger charge is -1.98. The maximum absolute atomic E-state index is 5.65. The maximum Gasteiger partial charge on any atom is 0.106 e. The Balaban J connectivity index is 2.44. The van der Waals surface area contributed by atoms with E-state index in [4.69, 9.17) is 5.73 Å². The predicted molar refractivity (Wildman–Crippen MR) is 62.6 cm³/mol. The SMILES string of the molecule is CCc1nc(-c2ccc(N)cc2)c(C)[nH]1. The molecule has 1 heterocycles. The third-order valence-electron chi connectivity index (χ3n) is 2.45. The fourth-order valence-corrected chi connectivity index (χ4v) is 1.61. The fourth-order valence-electron chi connectivity index (χ4n) is 1.61. The van der Waals surface area contributed by atoms with Gasteiger partial charge in [0.1, 0.15) is 5.82 Å². The van der Waals surface area contributed by atoms with Crippen LogP contribution in [0.4, 0.5) is 5.69 Å². The normalized spacial score (nSPS) is 10.5. The molecule has 0 atom stereocenters. The van der Waals surface area contributed by atoms with E-state index in [9.17, 15) is 0 Å². The van der Waals surface area contributed by atoms with Crippen molar-refractivity contribution in [3.05, 3.63) is 35.8 Å². The molecule has 0 bridgehead atoms. The topological polar surface area (TPSA) is 54.7 Å². The molecule has 0 spiro atoms. The van der Waals surface area contributed by atoms with Gasteiger partial charge in [0.2, 0.25) is 0 Å². The maximum atomic E-state index is 5.65. The van der Waals surface area contributed by atoms with Crippen LogP contribution in [0, 0.1) is 6.92 Å². The molecule has 2 rings (SSSR count). The zero-order valence-electron chi connectivity index (χ0n) is 9.04. The molecule has 2 aromatic rings. The van der Waals surface area contributed by atoms with Gasteiger partial charge in [0, 0.05) is 23.4 Å². The molecule has 78 valence electrons. The molecule has 3 heteroatoms. The highest BCUT2D eigenvalue weighted by Crippen LogP contribution is 2.22. The van der Waals surface area contributed by atoms with Gasteiger partial charge in [-0.2, -0.15) is 0 Å². The zero-order valence-corrected chi connectivity index (χ0v) is 9.04. The van der Waals surface area contributed by atoms with Crippen LogP contribution >= 0.6 is 0 Å². The first-order valence-corrected chi connectivity index (χ1v) is 5.12. The number of benzene rings is 1. The summed E-state index contributed by atoms with van der Waals surface area (Å²) in [5.74, 6) is 1.03. The standard InChI is InChI=1S/C12H15N3/c1-3-11-14-8(2)12(15-11)9-4-6-10(13)7-5-9/h4-7H,3,13H2,1-2H3,(H,14,15). The summed E-state index contributed by atoms with van der Waals surface area (Å²) in [6.45, 7) is 4.13. The van der Waals surface area contributed by atoms with Crippen LogP contribution in [0.3, 0.4) is 0 Å². The first kappa shape index (κ1) is 9.77. The number of hydrogen-bond donors (Lipinski definition) is 2. The minimum Gasteiger partial charge on any atom is -0.399 e. The number of H-pyrrole nitrogens is 1. The smallest absolute Gasteiger partial charge is 0.106 e. The molecule has 0 saturated heterocycles. The molecular weight excluding hydrogens is 186 g/mol. The molecule has 0 aliphatic rings. The Bertz CT molecular complexity index is 454. The van der Waals surface area contributed by atoms with Crippen molar-refractivity contribution in [2.24, 2.45) is 0 Å². The second-order valence-electron chi connectivity index (χ2n) is 3.63. The number of imidazole rings is 1. The number of aromatic nitrogens is 2. The highest BCUT2D eigenvalue weighted by Gasteiger charge is 2.07. The number of aryl methyl sites for hydroxylation is 2. The van der Waals surface area contributed by atoms with E-state index in [0.29, 0.717) is 0 Å². The highest BCUT2D eigenvalue weighted by molar-refractivity contribution is 5.64. The van der Waals surface area contributed by atoms with E-state index in [2.05, 4.69) is 16.9 Å². The van der Waals surface area contributed by atoms with Gasteiger partial charge in [-0.1, -0.05) is 19.1 Å². The van der Waals surface area contributed by atoms with Crippen LogP contribution in [0.1, 0.15) is 18.4 Å². The van der Waals surface area contributed by atoms with Crippen LogP contribution in [-0.2, 0) is 6.42 Å². The lowest BCUT2D eigenvalue weighted by molar-refractivity contribution is 0.982.